The quantitative estimate of drug-likeness (QED) is 0.777. The van der Waals surface area contributed by atoms with Crippen molar-refractivity contribution in [1.82, 2.24) is 4.90 Å². The molecule has 0 N–H and O–H groups in total. The number of hydrogen-bond donors (Lipinski definition) is 0. The lowest BCUT2D eigenvalue weighted by molar-refractivity contribution is 0.162. The van der Waals surface area contributed by atoms with Crippen LogP contribution in [0.2, 0.25) is 5.02 Å². The minimum absolute atomic E-state index is 0.224. The van der Waals surface area contributed by atoms with Crippen molar-refractivity contribution in [3.63, 3.8) is 0 Å². The Bertz CT molecular complexity index is 452. The second kappa shape index (κ2) is 5.68. The molecule has 2 fully saturated rings. The summed E-state index contributed by atoms with van der Waals surface area (Å²) >= 11 is 5.90. The van der Waals surface area contributed by atoms with Crippen molar-refractivity contribution >= 4 is 17.3 Å². The second-order valence-corrected chi connectivity index (χ2v) is 5.97. The maximum atomic E-state index is 14.2. The van der Waals surface area contributed by atoms with Gasteiger partial charge in [-0.15, -0.1) is 0 Å². The summed E-state index contributed by atoms with van der Waals surface area (Å²) in [6.45, 7) is 4.20. The molecule has 2 nitrogen and oxygen atoms in total. The summed E-state index contributed by atoms with van der Waals surface area (Å²) in [7, 11) is 0. The first-order chi connectivity index (χ1) is 9.25. The molecule has 0 radical (unpaired) electrons. The Morgan fingerprint density at radius 1 is 1.11 bits per heavy atom. The summed E-state index contributed by atoms with van der Waals surface area (Å²) in [5.41, 5.74) is 0.667. The normalized spacial score (nSPS) is 24.9. The van der Waals surface area contributed by atoms with Gasteiger partial charge in [0.1, 0.15) is 0 Å². The first-order valence-electron chi connectivity index (χ1n) is 7.19. The monoisotopic (exact) mass is 282 g/mol. The number of anilines is 1. The van der Waals surface area contributed by atoms with Gasteiger partial charge in [-0.05, 0) is 37.9 Å². The molecule has 104 valence electrons. The van der Waals surface area contributed by atoms with Crippen molar-refractivity contribution in [2.24, 2.45) is 0 Å². The summed E-state index contributed by atoms with van der Waals surface area (Å²) in [6.07, 6.45) is 4.94. The predicted octanol–water partition coefficient (Wildman–Crippen LogP) is 3.54. The van der Waals surface area contributed by atoms with E-state index in [-0.39, 0.29) is 10.8 Å². The number of nitrogens with zero attached hydrogens (tertiary/aromatic N) is 2. The van der Waals surface area contributed by atoms with Crippen molar-refractivity contribution in [3.8, 4) is 0 Å². The average molecular weight is 283 g/mol. The van der Waals surface area contributed by atoms with Crippen LogP contribution in [0.1, 0.15) is 25.7 Å². The molecular formula is C15H20ClFN2. The Balaban J connectivity index is 1.82. The van der Waals surface area contributed by atoms with Crippen LogP contribution in [0, 0.1) is 5.82 Å². The molecule has 1 unspecified atom stereocenters. The lowest BCUT2D eigenvalue weighted by Crippen LogP contribution is -2.44. The fourth-order valence-electron chi connectivity index (χ4n) is 3.33. The average Bonchev–Trinajstić information content (AvgIpc) is 2.64. The summed E-state index contributed by atoms with van der Waals surface area (Å²) in [4.78, 5) is 4.75. The standard InChI is InChI=1S/C15H20ClFN2/c16-13-6-3-7-14(15(13)17)19-10-4-9-18-8-2-1-5-12(18)11-19/h3,6-7,12H,1-2,4-5,8-11H2. The van der Waals surface area contributed by atoms with Crippen LogP contribution in [0.3, 0.4) is 0 Å². The molecule has 2 aliphatic rings. The van der Waals surface area contributed by atoms with Crippen LogP contribution in [-0.4, -0.2) is 37.1 Å². The lowest BCUT2D eigenvalue weighted by Gasteiger charge is -2.36. The van der Waals surface area contributed by atoms with Crippen LogP contribution in [0.4, 0.5) is 10.1 Å². The van der Waals surface area contributed by atoms with Gasteiger partial charge in [0.05, 0.1) is 10.7 Å². The van der Waals surface area contributed by atoms with E-state index < -0.39 is 0 Å². The minimum atomic E-state index is -0.270. The van der Waals surface area contributed by atoms with Crippen molar-refractivity contribution < 1.29 is 4.39 Å². The smallest absolute Gasteiger partial charge is 0.165 e. The largest absolute Gasteiger partial charge is 0.368 e. The van der Waals surface area contributed by atoms with Crippen molar-refractivity contribution in [2.45, 2.75) is 31.7 Å². The Morgan fingerprint density at radius 2 is 1.95 bits per heavy atom. The predicted molar refractivity (Wildman–Crippen MR) is 77.5 cm³/mol. The van der Waals surface area contributed by atoms with E-state index in [1.54, 1.807) is 6.07 Å². The highest BCUT2D eigenvalue weighted by atomic mass is 35.5. The first-order valence-corrected chi connectivity index (χ1v) is 7.56. The molecule has 1 atom stereocenters. The molecule has 0 saturated carbocycles. The third kappa shape index (κ3) is 2.72. The minimum Gasteiger partial charge on any atom is -0.368 e. The van der Waals surface area contributed by atoms with E-state index >= 15 is 0 Å². The van der Waals surface area contributed by atoms with Gasteiger partial charge < -0.3 is 4.90 Å². The van der Waals surface area contributed by atoms with Crippen LogP contribution in [0.25, 0.3) is 0 Å². The molecular weight excluding hydrogens is 263 g/mol. The zero-order chi connectivity index (χ0) is 13.2. The number of rotatable bonds is 1. The molecule has 19 heavy (non-hydrogen) atoms. The van der Waals surface area contributed by atoms with Gasteiger partial charge in [-0.25, -0.2) is 4.39 Å². The third-order valence-electron chi connectivity index (χ3n) is 4.33. The Morgan fingerprint density at radius 3 is 2.84 bits per heavy atom. The molecule has 1 aromatic rings. The zero-order valence-electron chi connectivity index (χ0n) is 11.1. The lowest BCUT2D eigenvalue weighted by atomic mass is 10.0. The van der Waals surface area contributed by atoms with E-state index in [1.165, 1.54) is 25.8 Å². The van der Waals surface area contributed by atoms with E-state index in [0.29, 0.717) is 11.7 Å². The topological polar surface area (TPSA) is 6.48 Å². The summed E-state index contributed by atoms with van der Waals surface area (Å²) in [5.74, 6) is -0.270. The maximum absolute atomic E-state index is 14.2. The Kier molecular flexibility index (Phi) is 3.94. The van der Waals surface area contributed by atoms with E-state index in [9.17, 15) is 4.39 Å². The zero-order valence-corrected chi connectivity index (χ0v) is 11.9. The maximum Gasteiger partial charge on any atom is 0.165 e. The van der Waals surface area contributed by atoms with Gasteiger partial charge in [0.25, 0.3) is 0 Å². The molecule has 0 amide bonds. The van der Waals surface area contributed by atoms with Crippen LogP contribution in [0.5, 0.6) is 0 Å². The van der Waals surface area contributed by atoms with Gasteiger partial charge in [-0.1, -0.05) is 24.1 Å². The first kappa shape index (κ1) is 13.2. The van der Waals surface area contributed by atoms with Crippen molar-refractivity contribution in [2.75, 3.05) is 31.1 Å². The number of hydrogen-bond acceptors (Lipinski definition) is 2. The van der Waals surface area contributed by atoms with Gasteiger partial charge in [0, 0.05) is 25.7 Å². The van der Waals surface area contributed by atoms with Gasteiger partial charge in [0.2, 0.25) is 0 Å². The fraction of sp³-hybridized carbons (Fsp3) is 0.600. The molecule has 2 saturated heterocycles. The molecule has 4 heteroatoms. The summed E-state index contributed by atoms with van der Waals surface area (Å²) < 4.78 is 14.2. The fourth-order valence-corrected chi connectivity index (χ4v) is 3.50. The Labute approximate surface area is 119 Å². The van der Waals surface area contributed by atoms with Crippen LogP contribution < -0.4 is 4.90 Å². The van der Waals surface area contributed by atoms with Gasteiger partial charge in [0.15, 0.2) is 5.82 Å². The molecule has 2 heterocycles. The van der Waals surface area contributed by atoms with Gasteiger partial charge in [-0.3, -0.25) is 4.90 Å². The number of piperidine rings is 1. The number of fused-ring (bicyclic) bond motifs is 1. The van der Waals surface area contributed by atoms with Crippen LogP contribution in [-0.2, 0) is 0 Å². The highest BCUT2D eigenvalue weighted by Gasteiger charge is 2.28. The van der Waals surface area contributed by atoms with E-state index in [0.717, 1.165) is 26.1 Å². The molecule has 3 rings (SSSR count). The third-order valence-corrected chi connectivity index (χ3v) is 4.62. The summed E-state index contributed by atoms with van der Waals surface area (Å²) in [6, 6.07) is 5.88. The molecule has 0 aromatic heterocycles. The SMILES string of the molecule is Fc1c(Cl)cccc1N1CCCN2CCCCC2C1. The van der Waals surface area contributed by atoms with E-state index in [2.05, 4.69) is 9.80 Å². The molecule has 2 aliphatic heterocycles. The van der Waals surface area contributed by atoms with Crippen molar-refractivity contribution in [1.29, 1.82) is 0 Å². The molecule has 0 spiro atoms. The molecule has 1 aromatic carbocycles. The van der Waals surface area contributed by atoms with Crippen LogP contribution >= 0.6 is 11.6 Å². The summed E-state index contributed by atoms with van der Waals surface area (Å²) in [5, 5.41) is 0.224. The Hall–Kier alpha value is -0.800. The number of benzene rings is 1. The van der Waals surface area contributed by atoms with Crippen molar-refractivity contribution in [3.05, 3.63) is 29.0 Å². The van der Waals surface area contributed by atoms with E-state index in [1.807, 2.05) is 12.1 Å². The number of halogens is 2. The highest BCUT2D eigenvalue weighted by molar-refractivity contribution is 6.31. The van der Waals surface area contributed by atoms with Gasteiger partial charge >= 0.3 is 0 Å². The highest BCUT2D eigenvalue weighted by Crippen LogP contribution is 2.29. The molecule has 0 bridgehead atoms. The van der Waals surface area contributed by atoms with Gasteiger partial charge in [-0.2, -0.15) is 0 Å². The van der Waals surface area contributed by atoms with Crippen LogP contribution in [0.15, 0.2) is 18.2 Å². The second-order valence-electron chi connectivity index (χ2n) is 5.56. The van der Waals surface area contributed by atoms with E-state index in [4.69, 9.17) is 11.6 Å². The molecule has 0 aliphatic carbocycles.